The van der Waals surface area contributed by atoms with E-state index in [1.807, 2.05) is 13.0 Å². The van der Waals surface area contributed by atoms with Crippen molar-refractivity contribution in [3.8, 4) is 0 Å². The summed E-state index contributed by atoms with van der Waals surface area (Å²) in [5, 5.41) is 13.6. The van der Waals surface area contributed by atoms with Gasteiger partial charge in [0.05, 0.1) is 6.61 Å². The number of aliphatic hydroxyl groups excluding tert-OH is 1. The molecule has 1 aromatic heterocycles. The van der Waals surface area contributed by atoms with Gasteiger partial charge in [-0.05, 0) is 19.5 Å². The van der Waals surface area contributed by atoms with Crippen LogP contribution in [0, 0.1) is 0 Å². The van der Waals surface area contributed by atoms with E-state index in [0.717, 1.165) is 11.6 Å². The van der Waals surface area contributed by atoms with E-state index in [1.54, 1.807) is 18.0 Å². The zero-order valence-electron chi connectivity index (χ0n) is 10.1. The molecule has 0 bridgehead atoms. The molecule has 0 aliphatic carbocycles. The number of nitrogens with zero attached hydrogens (tertiary/aromatic N) is 1. The fourth-order valence-corrected chi connectivity index (χ4v) is 2.43. The van der Waals surface area contributed by atoms with Gasteiger partial charge in [0.2, 0.25) is 0 Å². The van der Waals surface area contributed by atoms with Gasteiger partial charge in [-0.1, -0.05) is 19.9 Å². The number of hydrogen-bond acceptors (Lipinski definition) is 4. The number of thioether (sulfide) groups is 1. The first-order valence-corrected chi connectivity index (χ1v) is 6.52. The van der Waals surface area contributed by atoms with Crippen LogP contribution >= 0.6 is 11.8 Å². The molecule has 1 aromatic rings. The van der Waals surface area contributed by atoms with E-state index in [9.17, 15) is 0 Å². The monoisotopic (exact) mass is 240 g/mol. The first-order chi connectivity index (χ1) is 7.69. The van der Waals surface area contributed by atoms with Gasteiger partial charge in [-0.25, -0.2) is 4.98 Å². The van der Waals surface area contributed by atoms with Gasteiger partial charge in [0.15, 0.2) is 0 Å². The molecule has 0 spiro atoms. The van der Waals surface area contributed by atoms with Gasteiger partial charge < -0.3 is 10.4 Å². The Balaban J connectivity index is 2.82. The van der Waals surface area contributed by atoms with Crippen LogP contribution in [-0.4, -0.2) is 28.5 Å². The quantitative estimate of drug-likeness (QED) is 0.748. The van der Waals surface area contributed by atoms with Gasteiger partial charge in [0.25, 0.3) is 0 Å². The molecule has 1 rings (SSSR count). The average Bonchev–Trinajstić information content (AvgIpc) is 2.30. The Kier molecular flexibility index (Phi) is 5.80. The molecule has 0 saturated carbocycles. The molecule has 0 aliphatic rings. The highest BCUT2D eigenvalue weighted by atomic mass is 32.2. The van der Waals surface area contributed by atoms with Crippen molar-refractivity contribution < 1.29 is 5.11 Å². The molecule has 16 heavy (non-hydrogen) atoms. The summed E-state index contributed by atoms with van der Waals surface area (Å²) < 4.78 is 0. The molecule has 0 radical (unpaired) electrons. The molecule has 0 aromatic carbocycles. The summed E-state index contributed by atoms with van der Waals surface area (Å²) in [5.74, 6) is 0. The Hall–Kier alpha value is -0.580. The maximum Gasteiger partial charge on any atom is 0.101 e. The third-order valence-corrected chi connectivity index (χ3v) is 3.46. The van der Waals surface area contributed by atoms with Gasteiger partial charge in [-0.2, -0.15) is 0 Å². The first-order valence-electron chi connectivity index (χ1n) is 5.64. The highest BCUT2D eigenvalue weighted by Crippen LogP contribution is 2.28. The summed E-state index contributed by atoms with van der Waals surface area (Å²) in [5.41, 5.74) is 1.20. The molecule has 1 heterocycles. The molecule has 0 saturated heterocycles. The highest BCUT2D eigenvalue weighted by Gasteiger charge is 2.13. The average molecular weight is 240 g/mol. The lowest BCUT2D eigenvalue weighted by Gasteiger charge is -2.17. The Morgan fingerprint density at radius 3 is 2.88 bits per heavy atom. The van der Waals surface area contributed by atoms with Crippen LogP contribution in [0.2, 0.25) is 0 Å². The van der Waals surface area contributed by atoms with Crippen LogP contribution in [-0.2, 0) is 0 Å². The van der Waals surface area contributed by atoms with E-state index >= 15 is 0 Å². The molecule has 0 fully saturated rings. The largest absolute Gasteiger partial charge is 0.395 e. The summed E-state index contributed by atoms with van der Waals surface area (Å²) in [6.45, 7) is 7.34. The van der Waals surface area contributed by atoms with Crippen molar-refractivity contribution in [2.24, 2.45) is 0 Å². The second kappa shape index (κ2) is 6.89. The van der Waals surface area contributed by atoms with Gasteiger partial charge in [-0.3, -0.25) is 0 Å². The van der Waals surface area contributed by atoms with Gasteiger partial charge in [-0.15, -0.1) is 11.8 Å². The van der Waals surface area contributed by atoms with Crippen molar-refractivity contribution in [3.63, 3.8) is 0 Å². The number of nitrogens with one attached hydrogen (secondary N) is 1. The first kappa shape index (κ1) is 13.5. The molecule has 0 amide bonds. The van der Waals surface area contributed by atoms with E-state index in [0.29, 0.717) is 6.04 Å². The lowest BCUT2D eigenvalue weighted by Crippen LogP contribution is -2.19. The molecule has 90 valence electrons. The molecule has 2 atom stereocenters. The summed E-state index contributed by atoms with van der Waals surface area (Å²) in [6, 6.07) is 4.34. The van der Waals surface area contributed by atoms with Gasteiger partial charge in [0, 0.05) is 23.1 Å². The Bertz CT molecular complexity index is 320. The van der Waals surface area contributed by atoms with Crippen molar-refractivity contribution in [1.82, 2.24) is 10.3 Å². The van der Waals surface area contributed by atoms with Crippen LogP contribution in [0.3, 0.4) is 0 Å². The fraction of sp³-hybridized carbons (Fsp3) is 0.583. The van der Waals surface area contributed by atoms with Crippen molar-refractivity contribution in [2.75, 3.05) is 13.2 Å². The number of rotatable bonds is 6. The van der Waals surface area contributed by atoms with Crippen LogP contribution in [0.4, 0.5) is 0 Å². The normalized spacial score (nSPS) is 14.8. The third-order valence-electron chi connectivity index (χ3n) is 2.35. The predicted molar refractivity (Wildman–Crippen MR) is 68.7 cm³/mol. The van der Waals surface area contributed by atoms with Crippen LogP contribution in [0.15, 0.2) is 23.4 Å². The summed E-state index contributed by atoms with van der Waals surface area (Å²) in [7, 11) is 0. The molecule has 2 unspecified atom stereocenters. The Morgan fingerprint density at radius 2 is 2.25 bits per heavy atom. The molecule has 0 aliphatic heterocycles. The minimum absolute atomic E-state index is 0.177. The summed E-state index contributed by atoms with van der Waals surface area (Å²) in [4.78, 5) is 4.38. The minimum Gasteiger partial charge on any atom is -0.395 e. The number of aliphatic hydroxyl groups is 1. The molecule has 4 heteroatoms. The standard InChI is InChI=1S/C12H20N2OS/c1-4-13-10(3)11-6-5-7-14-12(11)16-9(2)8-15/h5-7,9-10,13,15H,4,8H2,1-3H3. The number of aromatic nitrogens is 1. The van der Waals surface area contributed by atoms with Crippen molar-refractivity contribution >= 4 is 11.8 Å². The summed E-state index contributed by atoms with van der Waals surface area (Å²) >= 11 is 1.62. The van der Waals surface area contributed by atoms with Crippen molar-refractivity contribution in [2.45, 2.75) is 37.1 Å². The zero-order valence-corrected chi connectivity index (χ0v) is 10.9. The smallest absolute Gasteiger partial charge is 0.101 e. The minimum atomic E-state index is 0.177. The van der Waals surface area contributed by atoms with Crippen LogP contribution in [0.1, 0.15) is 32.4 Å². The lowest BCUT2D eigenvalue weighted by atomic mass is 10.1. The fourth-order valence-electron chi connectivity index (χ4n) is 1.48. The van der Waals surface area contributed by atoms with Crippen LogP contribution < -0.4 is 5.32 Å². The molecule has 2 N–H and O–H groups in total. The van der Waals surface area contributed by atoms with E-state index in [1.165, 1.54) is 5.56 Å². The molecule has 3 nitrogen and oxygen atoms in total. The predicted octanol–water partition coefficient (Wildman–Crippen LogP) is 2.23. The summed E-state index contributed by atoms with van der Waals surface area (Å²) in [6.07, 6.45) is 1.80. The number of hydrogen-bond donors (Lipinski definition) is 2. The molecular weight excluding hydrogens is 220 g/mol. The van der Waals surface area contributed by atoms with Crippen LogP contribution in [0.25, 0.3) is 0 Å². The van der Waals surface area contributed by atoms with E-state index in [2.05, 4.69) is 30.2 Å². The maximum absolute atomic E-state index is 9.06. The van der Waals surface area contributed by atoms with Gasteiger partial charge in [0.1, 0.15) is 5.03 Å². The Labute approximate surface area is 102 Å². The number of pyridine rings is 1. The van der Waals surface area contributed by atoms with Crippen LogP contribution in [0.5, 0.6) is 0 Å². The molecular formula is C12H20N2OS. The maximum atomic E-state index is 9.06. The highest BCUT2D eigenvalue weighted by molar-refractivity contribution is 7.99. The SMILES string of the molecule is CCNC(C)c1cccnc1SC(C)CO. The Morgan fingerprint density at radius 1 is 1.50 bits per heavy atom. The van der Waals surface area contributed by atoms with E-state index < -0.39 is 0 Å². The lowest BCUT2D eigenvalue weighted by molar-refractivity contribution is 0.300. The topological polar surface area (TPSA) is 45.2 Å². The van der Waals surface area contributed by atoms with E-state index in [4.69, 9.17) is 5.11 Å². The third kappa shape index (κ3) is 3.77. The van der Waals surface area contributed by atoms with Crippen molar-refractivity contribution in [1.29, 1.82) is 0 Å². The van der Waals surface area contributed by atoms with Crippen molar-refractivity contribution in [3.05, 3.63) is 23.9 Å². The van der Waals surface area contributed by atoms with Gasteiger partial charge >= 0.3 is 0 Å². The second-order valence-corrected chi connectivity index (χ2v) is 5.22. The second-order valence-electron chi connectivity index (χ2n) is 3.79. The van der Waals surface area contributed by atoms with E-state index in [-0.39, 0.29) is 11.9 Å². The zero-order chi connectivity index (χ0) is 12.0.